The van der Waals surface area contributed by atoms with Crippen LogP contribution in [0.2, 0.25) is 0 Å². The third kappa shape index (κ3) is 18.1. The standard InChI is InChI=1S/C14H32NO7P/c1-13(2)15-5-6-18-7-8-19-9-10-20-11-12-21-23(16,17)22-14(3)4/h13-15H,5-12H2,1-4H3,(H,16,17). The Morgan fingerprint density at radius 2 is 1.35 bits per heavy atom. The lowest BCUT2D eigenvalue weighted by Crippen LogP contribution is -2.27. The van der Waals surface area contributed by atoms with Crippen LogP contribution in [0.15, 0.2) is 0 Å². The van der Waals surface area contributed by atoms with Crippen LogP contribution in [0.1, 0.15) is 27.7 Å². The average Bonchev–Trinajstić information content (AvgIpc) is 2.42. The summed E-state index contributed by atoms with van der Waals surface area (Å²) in [7, 11) is -3.97. The van der Waals surface area contributed by atoms with Crippen LogP contribution in [0, 0.1) is 0 Å². The molecule has 1 atom stereocenters. The van der Waals surface area contributed by atoms with Gasteiger partial charge in [0, 0.05) is 12.6 Å². The van der Waals surface area contributed by atoms with Crippen molar-refractivity contribution in [1.29, 1.82) is 0 Å². The van der Waals surface area contributed by atoms with Gasteiger partial charge in [-0.2, -0.15) is 0 Å². The summed E-state index contributed by atoms with van der Waals surface area (Å²) in [6.45, 7) is 11.1. The normalized spacial score (nSPS) is 14.6. The van der Waals surface area contributed by atoms with Gasteiger partial charge in [-0.25, -0.2) is 4.57 Å². The van der Waals surface area contributed by atoms with Crippen LogP contribution in [-0.2, 0) is 27.8 Å². The molecule has 23 heavy (non-hydrogen) atoms. The maximum atomic E-state index is 11.4. The molecule has 0 aliphatic rings. The van der Waals surface area contributed by atoms with Crippen molar-refractivity contribution < 1.29 is 32.7 Å². The fourth-order valence-corrected chi connectivity index (χ4v) is 2.37. The van der Waals surface area contributed by atoms with Gasteiger partial charge in [-0.1, -0.05) is 13.8 Å². The Hall–Kier alpha value is -0.0500. The second kappa shape index (κ2) is 14.3. The molecule has 0 saturated carbocycles. The van der Waals surface area contributed by atoms with Gasteiger partial charge in [0.15, 0.2) is 0 Å². The minimum atomic E-state index is -3.97. The first-order valence-electron chi connectivity index (χ1n) is 7.96. The molecule has 140 valence electrons. The maximum Gasteiger partial charge on any atom is 0.472 e. The zero-order chi connectivity index (χ0) is 17.6. The van der Waals surface area contributed by atoms with Gasteiger partial charge in [0.2, 0.25) is 0 Å². The van der Waals surface area contributed by atoms with E-state index in [4.69, 9.17) is 23.3 Å². The zero-order valence-electron chi connectivity index (χ0n) is 14.7. The number of hydrogen-bond acceptors (Lipinski definition) is 7. The van der Waals surface area contributed by atoms with Crippen LogP contribution in [0.25, 0.3) is 0 Å². The van der Waals surface area contributed by atoms with Crippen LogP contribution in [0.5, 0.6) is 0 Å². The van der Waals surface area contributed by atoms with Gasteiger partial charge in [-0.05, 0) is 13.8 Å². The van der Waals surface area contributed by atoms with Crippen molar-refractivity contribution in [1.82, 2.24) is 5.32 Å². The van der Waals surface area contributed by atoms with Gasteiger partial charge in [-0.15, -0.1) is 0 Å². The Kier molecular flexibility index (Phi) is 14.3. The number of rotatable bonds is 16. The summed E-state index contributed by atoms with van der Waals surface area (Å²) in [6, 6.07) is 0.465. The largest absolute Gasteiger partial charge is 0.472 e. The van der Waals surface area contributed by atoms with Crippen LogP contribution in [0.3, 0.4) is 0 Å². The van der Waals surface area contributed by atoms with Gasteiger partial charge < -0.3 is 24.4 Å². The second-order valence-electron chi connectivity index (χ2n) is 5.40. The van der Waals surface area contributed by atoms with Gasteiger partial charge in [0.1, 0.15) is 0 Å². The molecular weight excluding hydrogens is 325 g/mol. The van der Waals surface area contributed by atoms with E-state index in [0.717, 1.165) is 6.54 Å². The van der Waals surface area contributed by atoms with Gasteiger partial charge in [0.25, 0.3) is 0 Å². The molecule has 0 fully saturated rings. The van der Waals surface area contributed by atoms with Crippen molar-refractivity contribution in [2.75, 3.05) is 52.8 Å². The van der Waals surface area contributed by atoms with Crippen LogP contribution >= 0.6 is 7.82 Å². The Morgan fingerprint density at radius 3 is 1.83 bits per heavy atom. The molecule has 0 aromatic carbocycles. The highest BCUT2D eigenvalue weighted by molar-refractivity contribution is 7.47. The molecule has 0 bridgehead atoms. The summed E-state index contributed by atoms with van der Waals surface area (Å²) in [5, 5.41) is 3.25. The van der Waals surface area contributed by atoms with E-state index >= 15 is 0 Å². The molecule has 0 aromatic heterocycles. The van der Waals surface area contributed by atoms with Crippen molar-refractivity contribution in [2.24, 2.45) is 0 Å². The molecule has 0 aliphatic heterocycles. The molecule has 9 heteroatoms. The van der Waals surface area contributed by atoms with E-state index in [1.54, 1.807) is 13.8 Å². The van der Waals surface area contributed by atoms with E-state index < -0.39 is 7.82 Å². The highest BCUT2D eigenvalue weighted by atomic mass is 31.2. The van der Waals surface area contributed by atoms with Crippen molar-refractivity contribution in [3.05, 3.63) is 0 Å². The van der Waals surface area contributed by atoms with Crippen molar-refractivity contribution >= 4 is 7.82 Å². The lowest BCUT2D eigenvalue weighted by molar-refractivity contribution is 0.00629. The third-order valence-corrected chi connectivity index (χ3v) is 3.57. The summed E-state index contributed by atoms with van der Waals surface area (Å²) in [5.41, 5.74) is 0. The van der Waals surface area contributed by atoms with E-state index in [9.17, 15) is 9.46 Å². The fraction of sp³-hybridized carbons (Fsp3) is 1.00. The quantitative estimate of drug-likeness (QED) is 0.318. The molecule has 0 spiro atoms. The van der Waals surface area contributed by atoms with Crippen molar-refractivity contribution in [2.45, 2.75) is 39.8 Å². The first-order chi connectivity index (χ1) is 10.8. The number of hydrogen-bond donors (Lipinski definition) is 2. The number of phosphoric acid groups is 1. The summed E-state index contributed by atoms with van der Waals surface area (Å²) in [5.74, 6) is 0. The molecular formula is C14H32NO7P. The first-order valence-corrected chi connectivity index (χ1v) is 9.45. The van der Waals surface area contributed by atoms with E-state index in [1.165, 1.54) is 0 Å². The van der Waals surface area contributed by atoms with E-state index in [0.29, 0.717) is 39.1 Å². The summed E-state index contributed by atoms with van der Waals surface area (Å²) < 4.78 is 36.7. The topological polar surface area (TPSA) is 95.5 Å². The monoisotopic (exact) mass is 357 g/mol. The predicted octanol–water partition coefficient (Wildman–Crippen LogP) is 1.58. The van der Waals surface area contributed by atoms with E-state index in [1.807, 2.05) is 0 Å². The fourth-order valence-electron chi connectivity index (χ4n) is 1.47. The average molecular weight is 357 g/mol. The lowest BCUT2D eigenvalue weighted by Gasteiger charge is -2.14. The molecule has 0 amide bonds. The van der Waals surface area contributed by atoms with E-state index in [2.05, 4.69) is 19.2 Å². The van der Waals surface area contributed by atoms with E-state index in [-0.39, 0.29) is 19.3 Å². The lowest BCUT2D eigenvalue weighted by atomic mass is 10.4. The summed E-state index contributed by atoms with van der Waals surface area (Å²) >= 11 is 0. The second-order valence-corrected chi connectivity index (χ2v) is 6.81. The van der Waals surface area contributed by atoms with Crippen LogP contribution in [-0.4, -0.2) is 69.8 Å². The van der Waals surface area contributed by atoms with Crippen molar-refractivity contribution in [3.8, 4) is 0 Å². The Bertz CT molecular complexity index is 316. The molecule has 0 heterocycles. The molecule has 0 radical (unpaired) electrons. The molecule has 1 unspecified atom stereocenters. The van der Waals surface area contributed by atoms with Gasteiger partial charge in [0.05, 0.1) is 52.4 Å². The highest BCUT2D eigenvalue weighted by Gasteiger charge is 2.22. The summed E-state index contributed by atoms with van der Waals surface area (Å²) in [4.78, 5) is 9.29. The minimum absolute atomic E-state index is 0.00748. The molecule has 0 saturated heterocycles. The Morgan fingerprint density at radius 1 is 0.870 bits per heavy atom. The number of nitrogens with one attached hydrogen (secondary N) is 1. The maximum absolute atomic E-state index is 11.4. The van der Waals surface area contributed by atoms with Gasteiger partial charge >= 0.3 is 7.82 Å². The van der Waals surface area contributed by atoms with Crippen LogP contribution in [0.4, 0.5) is 0 Å². The molecule has 0 rings (SSSR count). The molecule has 8 nitrogen and oxygen atoms in total. The highest BCUT2D eigenvalue weighted by Crippen LogP contribution is 2.44. The molecule has 0 aliphatic carbocycles. The zero-order valence-corrected chi connectivity index (χ0v) is 15.5. The van der Waals surface area contributed by atoms with Crippen molar-refractivity contribution in [3.63, 3.8) is 0 Å². The van der Waals surface area contributed by atoms with Crippen LogP contribution < -0.4 is 5.32 Å². The smallest absolute Gasteiger partial charge is 0.378 e. The number of ether oxygens (including phenoxy) is 3. The summed E-state index contributed by atoms with van der Waals surface area (Å²) in [6.07, 6.45) is -0.372. The predicted molar refractivity (Wildman–Crippen MR) is 87.6 cm³/mol. The minimum Gasteiger partial charge on any atom is -0.378 e. The Balaban J connectivity index is 3.23. The SMILES string of the molecule is CC(C)NCCOCCOCCOCCOP(=O)(O)OC(C)C. The van der Waals surface area contributed by atoms with Gasteiger partial charge in [-0.3, -0.25) is 9.05 Å². The molecule has 0 aromatic rings. The number of phosphoric ester groups is 1. The molecule has 2 N–H and O–H groups in total. The third-order valence-electron chi connectivity index (χ3n) is 2.37. The Labute approximate surface area is 139 Å². The first kappa shape index (κ1) is 22.9.